The first-order chi connectivity index (χ1) is 25.7. The van der Waals surface area contributed by atoms with Crippen LogP contribution in [0.2, 0.25) is 5.02 Å². The van der Waals surface area contributed by atoms with Gasteiger partial charge in [0.15, 0.2) is 5.82 Å². The van der Waals surface area contributed by atoms with Crippen LogP contribution in [0.25, 0.3) is 39.0 Å². The van der Waals surface area contributed by atoms with E-state index in [-0.39, 0.29) is 33.7 Å². The Kier molecular flexibility index (Phi) is 10.4. The molecule has 2 aromatic carbocycles. The van der Waals surface area contributed by atoms with Gasteiger partial charge < -0.3 is 14.5 Å². The maximum absolute atomic E-state index is 16.8. The number of rotatable bonds is 7. The molecule has 6 heterocycles. The van der Waals surface area contributed by atoms with Crippen LogP contribution in [-0.4, -0.2) is 92.0 Å². The Balaban J connectivity index is 0.00000140. The van der Waals surface area contributed by atoms with E-state index >= 15 is 4.39 Å². The van der Waals surface area contributed by atoms with Gasteiger partial charge in [-0.2, -0.15) is 15.2 Å². The SMILES string of the molecule is CC#N.Cc1nccc(/C=C/C(=O)N2CCN(c3nc(OCC45CCCN4CCC5)nc4c(F)c(-c5cccc6ccc(F)c(Cl)c56)ncc34)CC2)n1. The molecule has 8 rings (SSSR count). The van der Waals surface area contributed by atoms with Gasteiger partial charge in [-0.3, -0.25) is 14.7 Å². The number of hydrogen-bond acceptors (Lipinski definition) is 10. The second kappa shape index (κ2) is 15.3. The molecule has 3 aromatic heterocycles. The van der Waals surface area contributed by atoms with Crippen molar-refractivity contribution < 1.29 is 18.3 Å². The molecule has 3 fully saturated rings. The summed E-state index contributed by atoms with van der Waals surface area (Å²) in [6.07, 6.45) is 10.7. The number of ether oxygens (including phenoxy) is 1. The predicted octanol–water partition coefficient (Wildman–Crippen LogP) is 6.77. The summed E-state index contributed by atoms with van der Waals surface area (Å²) in [4.78, 5) is 41.7. The highest BCUT2D eigenvalue weighted by Crippen LogP contribution is 2.41. The van der Waals surface area contributed by atoms with Crippen molar-refractivity contribution in [2.75, 3.05) is 50.8 Å². The van der Waals surface area contributed by atoms with Gasteiger partial charge in [-0.25, -0.2) is 18.7 Å². The molecule has 14 heteroatoms. The van der Waals surface area contributed by atoms with Crippen LogP contribution in [0.3, 0.4) is 0 Å². The fourth-order valence-electron chi connectivity index (χ4n) is 7.65. The van der Waals surface area contributed by atoms with Gasteiger partial charge in [-0.05, 0) is 69.3 Å². The normalized spacial score (nSPS) is 16.8. The van der Waals surface area contributed by atoms with Gasteiger partial charge in [-0.1, -0.05) is 35.9 Å². The second-order valence-corrected chi connectivity index (χ2v) is 13.8. The monoisotopic (exact) mass is 737 g/mol. The Morgan fingerprint density at radius 1 is 1.02 bits per heavy atom. The smallest absolute Gasteiger partial charge is 0.319 e. The fraction of sp³-hybridized carbons (Fsp3) is 0.359. The summed E-state index contributed by atoms with van der Waals surface area (Å²) in [5.74, 6) is -0.292. The average Bonchev–Trinajstić information content (AvgIpc) is 3.76. The van der Waals surface area contributed by atoms with Crippen LogP contribution >= 0.6 is 11.6 Å². The first kappa shape index (κ1) is 36.1. The van der Waals surface area contributed by atoms with E-state index in [1.807, 2.05) is 4.90 Å². The number of piperazine rings is 1. The highest BCUT2D eigenvalue weighted by Gasteiger charge is 2.45. The van der Waals surface area contributed by atoms with E-state index in [2.05, 4.69) is 24.8 Å². The third kappa shape index (κ3) is 7.21. The zero-order chi connectivity index (χ0) is 37.1. The Bertz CT molecular complexity index is 2240. The molecule has 3 aliphatic heterocycles. The van der Waals surface area contributed by atoms with Gasteiger partial charge in [0, 0.05) is 62.5 Å². The molecule has 1 amide bonds. The lowest BCUT2D eigenvalue weighted by molar-refractivity contribution is -0.126. The van der Waals surface area contributed by atoms with E-state index < -0.39 is 11.6 Å². The number of nitriles is 1. The van der Waals surface area contributed by atoms with Crippen molar-refractivity contribution in [3.05, 3.63) is 83.0 Å². The van der Waals surface area contributed by atoms with Crippen molar-refractivity contribution in [1.82, 2.24) is 34.7 Å². The van der Waals surface area contributed by atoms with Gasteiger partial charge in [0.2, 0.25) is 5.91 Å². The summed E-state index contributed by atoms with van der Waals surface area (Å²) < 4.78 is 37.7. The number of hydrogen-bond donors (Lipinski definition) is 0. The lowest BCUT2D eigenvalue weighted by Gasteiger charge is -2.35. The van der Waals surface area contributed by atoms with E-state index in [0.29, 0.717) is 71.8 Å². The number of halogens is 3. The number of amides is 1. The minimum absolute atomic E-state index is 0.00337. The Hall–Kier alpha value is -5.32. The highest BCUT2D eigenvalue weighted by atomic mass is 35.5. The van der Waals surface area contributed by atoms with Crippen LogP contribution < -0.4 is 9.64 Å². The summed E-state index contributed by atoms with van der Waals surface area (Å²) in [6, 6.07) is 11.7. The number of aromatic nitrogens is 5. The first-order valence-corrected chi connectivity index (χ1v) is 18.0. The summed E-state index contributed by atoms with van der Waals surface area (Å²) in [5, 5.41) is 8.67. The zero-order valence-electron chi connectivity index (χ0n) is 29.5. The van der Waals surface area contributed by atoms with Gasteiger partial charge >= 0.3 is 6.01 Å². The van der Waals surface area contributed by atoms with E-state index in [1.54, 1.807) is 66.7 Å². The minimum Gasteiger partial charge on any atom is -0.461 e. The molecule has 0 radical (unpaired) electrons. The number of fused-ring (bicyclic) bond motifs is 3. The highest BCUT2D eigenvalue weighted by molar-refractivity contribution is 6.36. The summed E-state index contributed by atoms with van der Waals surface area (Å²) in [7, 11) is 0. The molecule has 272 valence electrons. The largest absolute Gasteiger partial charge is 0.461 e. The number of carbonyl (C=O) groups is 1. The second-order valence-electron chi connectivity index (χ2n) is 13.4. The lowest BCUT2D eigenvalue weighted by atomic mass is 9.95. The third-order valence-electron chi connectivity index (χ3n) is 10.2. The first-order valence-electron chi connectivity index (χ1n) is 17.6. The molecule has 11 nitrogen and oxygen atoms in total. The molecule has 5 aromatic rings. The Labute approximate surface area is 310 Å². The molecule has 0 atom stereocenters. The van der Waals surface area contributed by atoms with Crippen LogP contribution in [0.4, 0.5) is 14.6 Å². The predicted molar refractivity (Wildman–Crippen MR) is 199 cm³/mol. The lowest BCUT2D eigenvalue weighted by Crippen LogP contribution is -2.48. The number of benzene rings is 2. The molecule has 53 heavy (non-hydrogen) atoms. The minimum atomic E-state index is -0.677. The summed E-state index contributed by atoms with van der Waals surface area (Å²) >= 11 is 6.42. The number of aryl methyl sites for hydroxylation is 1. The Morgan fingerprint density at radius 2 is 1.77 bits per heavy atom. The molecule has 0 bridgehead atoms. The van der Waals surface area contributed by atoms with Crippen LogP contribution in [0.15, 0.2) is 54.9 Å². The summed E-state index contributed by atoms with van der Waals surface area (Å²) in [5.41, 5.74) is 1.01. The fourth-order valence-corrected chi connectivity index (χ4v) is 7.92. The molecular weight excluding hydrogens is 700 g/mol. The molecular formula is C39H38ClF2N9O2. The molecule has 0 saturated carbocycles. The third-order valence-corrected chi connectivity index (χ3v) is 10.6. The Morgan fingerprint density at radius 3 is 2.51 bits per heavy atom. The molecule has 0 unspecified atom stereocenters. The standard InChI is InChI=1S/C37H35ClF2N8O2.C2H3N/c1-23-41-14-11-25(43-23)8-10-29(49)46-17-19-47(20-18-46)35-27-21-42-33(26-6-2-5-24-7-9-28(39)31(38)30(24)26)32(40)34(27)44-36(45-35)50-22-37-12-3-15-48(37)16-4-13-37;1-2-3/h2,5-11,14,21H,3-4,12-13,15-20,22H2,1H3;1H3/b10-8+;. The number of anilines is 1. The molecule has 0 spiro atoms. The number of nitrogens with zero attached hydrogens (tertiary/aromatic N) is 9. The van der Waals surface area contributed by atoms with Crippen LogP contribution in [0, 0.1) is 29.9 Å². The maximum atomic E-state index is 16.8. The van der Waals surface area contributed by atoms with Gasteiger partial charge in [0.1, 0.15) is 35.3 Å². The van der Waals surface area contributed by atoms with Gasteiger partial charge in [-0.15, -0.1) is 0 Å². The summed E-state index contributed by atoms with van der Waals surface area (Å²) in [6.45, 7) is 7.50. The van der Waals surface area contributed by atoms with Crippen molar-refractivity contribution >= 4 is 51.1 Å². The van der Waals surface area contributed by atoms with Gasteiger partial charge in [0.05, 0.1) is 27.7 Å². The average molecular weight is 738 g/mol. The molecule has 3 aliphatic rings. The van der Waals surface area contributed by atoms with Crippen molar-refractivity contribution in [2.45, 2.75) is 45.1 Å². The van der Waals surface area contributed by atoms with Crippen molar-refractivity contribution in [2.24, 2.45) is 0 Å². The van der Waals surface area contributed by atoms with E-state index in [1.165, 1.54) is 19.1 Å². The van der Waals surface area contributed by atoms with Gasteiger partial charge in [0.25, 0.3) is 0 Å². The molecule has 0 N–H and O–H groups in total. The van der Waals surface area contributed by atoms with E-state index in [4.69, 9.17) is 26.6 Å². The van der Waals surface area contributed by atoms with E-state index in [9.17, 15) is 9.18 Å². The molecule has 0 aliphatic carbocycles. The van der Waals surface area contributed by atoms with Crippen molar-refractivity contribution in [3.8, 4) is 23.3 Å². The van der Waals surface area contributed by atoms with Crippen LogP contribution in [0.1, 0.15) is 44.1 Å². The van der Waals surface area contributed by atoms with Crippen LogP contribution in [0.5, 0.6) is 6.01 Å². The van der Waals surface area contributed by atoms with Crippen molar-refractivity contribution in [1.29, 1.82) is 5.26 Å². The van der Waals surface area contributed by atoms with Crippen LogP contribution in [-0.2, 0) is 4.79 Å². The number of pyridine rings is 1. The molecule has 3 saturated heterocycles. The van der Waals surface area contributed by atoms with Crippen molar-refractivity contribution in [3.63, 3.8) is 0 Å². The maximum Gasteiger partial charge on any atom is 0.319 e. The quantitative estimate of drug-likeness (QED) is 0.165. The van der Waals surface area contributed by atoms with E-state index in [0.717, 1.165) is 38.8 Å². The zero-order valence-corrected chi connectivity index (χ0v) is 30.3. The topological polar surface area (TPSA) is 124 Å². The number of carbonyl (C=O) groups excluding carboxylic acids is 1.